The number of hydrogen-bond acceptors (Lipinski definition) is 4. The number of furan rings is 1. The average Bonchev–Trinajstić information content (AvgIpc) is 3.59. The van der Waals surface area contributed by atoms with E-state index in [1.807, 2.05) is 60.7 Å². The van der Waals surface area contributed by atoms with E-state index in [1.165, 1.54) is 21.9 Å². The Balaban J connectivity index is 1.11. The van der Waals surface area contributed by atoms with Gasteiger partial charge in [-0.2, -0.15) is 0 Å². The van der Waals surface area contributed by atoms with Gasteiger partial charge in [-0.3, -0.25) is 0 Å². The molecular weight excluding hydrogens is 623 g/mol. The van der Waals surface area contributed by atoms with Gasteiger partial charge in [0.25, 0.3) is 0 Å². The predicted octanol–water partition coefficient (Wildman–Crippen LogP) is 12.4. The summed E-state index contributed by atoms with van der Waals surface area (Å²) in [7, 11) is 0. The minimum absolute atomic E-state index is 0.623. The highest BCUT2D eigenvalue weighted by molar-refractivity contribution is 6.19. The van der Waals surface area contributed by atoms with Gasteiger partial charge in [0.1, 0.15) is 11.2 Å². The molecule has 0 radical (unpaired) electrons. The van der Waals surface area contributed by atoms with Gasteiger partial charge in [-0.15, -0.1) is 0 Å². The SMILES string of the molecule is c1ccc(-c2nc(-c3ccccc3)nc(-c3cc4c5ccc(-c6ccc(-c7cccc8ccccc78)cc6)cc5oc4c4ccccc34)n2)cc1. The summed E-state index contributed by atoms with van der Waals surface area (Å²) >= 11 is 0. The van der Waals surface area contributed by atoms with Crippen LogP contribution in [0.25, 0.3) is 99.9 Å². The molecule has 0 bridgehead atoms. The molecule has 0 aliphatic rings. The lowest BCUT2D eigenvalue weighted by Crippen LogP contribution is -2.00. The Labute approximate surface area is 294 Å². The van der Waals surface area contributed by atoms with Crippen molar-refractivity contribution in [2.24, 2.45) is 0 Å². The van der Waals surface area contributed by atoms with E-state index < -0.39 is 0 Å². The van der Waals surface area contributed by atoms with Crippen molar-refractivity contribution in [2.45, 2.75) is 0 Å². The highest BCUT2D eigenvalue weighted by Crippen LogP contribution is 2.41. The van der Waals surface area contributed by atoms with Crippen LogP contribution >= 0.6 is 0 Å². The Morgan fingerprint density at radius 1 is 0.314 bits per heavy atom. The van der Waals surface area contributed by atoms with E-state index >= 15 is 0 Å². The molecule has 0 amide bonds. The fourth-order valence-electron chi connectivity index (χ4n) is 7.21. The van der Waals surface area contributed by atoms with Crippen LogP contribution in [0.3, 0.4) is 0 Å². The number of rotatable bonds is 5. The zero-order chi connectivity index (χ0) is 33.7. The molecule has 4 heteroatoms. The molecule has 0 fully saturated rings. The van der Waals surface area contributed by atoms with E-state index in [0.29, 0.717) is 17.5 Å². The zero-order valence-corrected chi connectivity index (χ0v) is 27.5. The molecule has 0 aliphatic carbocycles. The maximum absolute atomic E-state index is 6.69. The summed E-state index contributed by atoms with van der Waals surface area (Å²) in [4.78, 5) is 15.1. The number of hydrogen-bond donors (Lipinski definition) is 0. The highest BCUT2D eigenvalue weighted by Gasteiger charge is 2.19. The van der Waals surface area contributed by atoms with Crippen LogP contribution in [0.2, 0.25) is 0 Å². The van der Waals surface area contributed by atoms with Crippen LogP contribution in [-0.4, -0.2) is 15.0 Å². The molecule has 0 aliphatic heterocycles. The molecule has 2 heterocycles. The Morgan fingerprint density at radius 2 is 0.882 bits per heavy atom. The fourth-order valence-corrected chi connectivity index (χ4v) is 7.21. The minimum atomic E-state index is 0.623. The van der Waals surface area contributed by atoms with Crippen molar-refractivity contribution in [3.05, 3.63) is 176 Å². The topological polar surface area (TPSA) is 51.8 Å². The molecule has 2 aromatic heterocycles. The largest absolute Gasteiger partial charge is 0.455 e. The van der Waals surface area contributed by atoms with E-state index in [4.69, 9.17) is 19.4 Å². The Bertz CT molecular complexity index is 2830. The average molecular weight is 652 g/mol. The first-order chi connectivity index (χ1) is 25.3. The van der Waals surface area contributed by atoms with Crippen molar-refractivity contribution < 1.29 is 4.42 Å². The van der Waals surface area contributed by atoms with Crippen LogP contribution in [0.1, 0.15) is 0 Å². The molecule has 8 aromatic carbocycles. The third-order valence-electron chi connectivity index (χ3n) is 9.74. The third-order valence-corrected chi connectivity index (χ3v) is 9.74. The van der Waals surface area contributed by atoms with Gasteiger partial charge < -0.3 is 4.42 Å². The van der Waals surface area contributed by atoms with Gasteiger partial charge in [-0.25, -0.2) is 15.0 Å². The maximum atomic E-state index is 6.69. The summed E-state index contributed by atoms with van der Waals surface area (Å²) in [5, 5.41) is 6.62. The van der Waals surface area contributed by atoms with Crippen LogP contribution in [0, 0.1) is 0 Å². The molecule has 0 spiro atoms. The summed E-state index contributed by atoms with van der Waals surface area (Å²) in [6.45, 7) is 0. The minimum Gasteiger partial charge on any atom is -0.455 e. The Morgan fingerprint density at radius 3 is 1.61 bits per heavy atom. The van der Waals surface area contributed by atoms with Crippen molar-refractivity contribution in [3.8, 4) is 56.4 Å². The molecular formula is C47H29N3O. The van der Waals surface area contributed by atoms with Crippen LogP contribution in [0.5, 0.6) is 0 Å². The molecule has 0 atom stereocenters. The van der Waals surface area contributed by atoms with Crippen molar-refractivity contribution in [2.75, 3.05) is 0 Å². The molecule has 238 valence electrons. The monoisotopic (exact) mass is 651 g/mol. The van der Waals surface area contributed by atoms with Crippen LogP contribution in [0.15, 0.2) is 180 Å². The first-order valence-corrected chi connectivity index (χ1v) is 17.1. The number of benzene rings is 8. The standard InChI is InChI=1S/C47H29N3O/c1-3-13-33(14-4-1)45-48-46(34-15-5-2-6-16-34)50-47(49-45)42-29-41-39-27-26-35(28-43(39)51-44(41)40-20-10-9-19-38(40)42)30-22-24-32(25-23-30)37-21-11-17-31-12-7-8-18-36(31)37/h1-29H. The van der Waals surface area contributed by atoms with E-state index in [2.05, 4.69) is 115 Å². The van der Waals surface area contributed by atoms with Crippen molar-refractivity contribution in [1.82, 2.24) is 15.0 Å². The van der Waals surface area contributed by atoms with Gasteiger partial charge in [-0.05, 0) is 56.6 Å². The van der Waals surface area contributed by atoms with Crippen molar-refractivity contribution in [1.29, 1.82) is 0 Å². The van der Waals surface area contributed by atoms with Crippen molar-refractivity contribution in [3.63, 3.8) is 0 Å². The summed E-state index contributed by atoms with van der Waals surface area (Å²) in [5.74, 6) is 1.90. The van der Waals surface area contributed by atoms with Gasteiger partial charge in [0, 0.05) is 32.8 Å². The lowest BCUT2D eigenvalue weighted by atomic mass is 9.95. The van der Waals surface area contributed by atoms with Gasteiger partial charge >= 0.3 is 0 Å². The lowest BCUT2D eigenvalue weighted by molar-refractivity contribution is 0.673. The molecule has 51 heavy (non-hydrogen) atoms. The smallest absolute Gasteiger partial charge is 0.164 e. The molecule has 4 nitrogen and oxygen atoms in total. The summed E-state index contributed by atoms with van der Waals surface area (Å²) in [6.07, 6.45) is 0. The van der Waals surface area contributed by atoms with Crippen LogP contribution < -0.4 is 0 Å². The summed E-state index contributed by atoms with van der Waals surface area (Å²) in [6, 6.07) is 61.1. The summed E-state index contributed by atoms with van der Waals surface area (Å²) in [5.41, 5.74) is 9.19. The lowest BCUT2D eigenvalue weighted by Gasteiger charge is -2.11. The van der Waals surface area contributed by atoms with Crippen LogP contribution in [-0.2, 0) is 0 Å². The van der Waals surface area contributed by atoms with E-state index in [9.17, 15) is 0 Å². The first-order valence-electron chi connectivity index (χ1n) is 17.1. The molecule has 10 rings (SSSR count). The van der Waals surface area contributed by atoms with E-state index in [0.717, 1.165) is 60.5 Å². The maximum Gasteiger partial charge on any atom is 0.164 e. The normalized spacial score (nSPS) is 11.5. The number of aromatic nitrogens is 3. The molecule has 0 saturated heterocycles. The van der Waals surface area contributed by atoms with E-state index in [1.54, 1.807) is 0 Å². The van der Waals surface area contributed by atoms with Crippen molar-refractivity contribution >= 4 is 43.5 Å². The zero-order valence-electron chi connectivity index (χ0n) is 27.5. The Kier molecular flexibility index (Phi) is 6.78. The fraction of sp³-hybridized carbons (Fsp3) is 0. The Hall–Kier alpha value is -6.91. The first kappa shape index (κ1) is 29.0. The second kappa shape index (κ2) is 11.9. The molecule has 10 aromatic rings. The highest BCUT2D eigenvalue weighted by atomic mass is 16.3. The van der Waals surface area contributed by atoms with Gasteiger partial charge in [0.05, 0.1) is 0 Å². The third kappa shape index (κ3) is 5.04. The molecule has 0 N–H and O–H groups in total. The molecule has 0 saturated carbocycles. The quantitative estimate of drug-likeness (QED) is 0.186. The van der Waals surface area contributed by atoms with Gasteiger partial charge in [0.15, 0.2) is 17.5 Å². The number of fused-ring (bicyclic) bond motifs is 6. The van der Waals surface area contributed by atoms with E-state index in [-0.39, 0.29) is 0 Å². The van der Waals surface area contributed by atoms with Gasteiger partial charge in [-0.1, -0.05) is 158 Å². The number of nitrogens with zero attached hydrogens (tertiary/aromatic N) is 3. The predicted molar refractivity (Wildman–Crippen MR) is 209 cm³/mol. The van der Waals surface area contributed by atoms with Gasteiger partial charge in [0.2, 0.25) is 0 Å². The second-order valence-corrected chi connectivity index (χ2v) is 12.8. The second-order valence-electron chi connectivity index (χ2n) is 12.8. The summed E-state index contributed by atoms with van der Waals surface area (Å²) < 4.78 is 6.69. The molecule has 0 unspecified atom stereocenters. The van der Waals surface area contributed by atoms with Crippen LogP contribution in [0.4, 0.5) is 0 Å².